The Bertz CT molecular complexity index is 284. The maximum absolute atomic E-state index is 5.85. The molecule has 1 atom stereocenters. The van der Waals surface area contributed by atoms with Crippen LogP contribution < -0.4 is 5.73 Å². The van der Waals surface area contributed by atoms with E-state index in [-0.39, 0.29) is 6.04 Å². The van der Waals surface area contributed by atoms with Crippen molar-refractivity contribution in [3.8, 4) is 0 Å². The third-order valence-corrected chi connectivity index (χ3v) is 2.90. The molecule has 1 fully saturated rings. The van der Waals surface area contributed by atoms with E-state index in [0.717, 1.165) is 11.6 Å². The number of hydrogen-bond acceptors (Lipinski definition) is 2. The van der Waals surface area contributed by atoms with Gasteiger partial charge in [0.05, 0.1) is 12.0 Å². The molecule has 0 unspecified atom stereocenters. The fraction of sp³-hybridized carbons (Fsp3) is 0.700. The van der Waals surface area contributed by atoms with E-state index in [9.17, 15) is 0 Å². The molecule has 0 aliphatic heterocycles. The van der Waals surface area contributed by atoms with Gasteiger partial charge in [-0.3, -0.25) is 0 Å². The summed E-state index contributed by atoms with van der Waals surface area (Å²) in [7, 11) is 0. The van der Waals surface area contributed by atoms with E-state index < -0.39 is 0 Å². The maximum Gasteiger partial charge on any atom is 0.0951 e. The molecule has 0 bridgehead atoms. The highest BCUT2D eigenvalue weighted by Gasteiger charge is 2.28. The molecule has 0 amide bonds. The molecule has 1 saturated carbocycles. The molecular formula is C10H17N3. The number of aromatic nitrogens is 2. The highest BCUT2D eigenvalue weighted by molar-refractivity contribution is 5.06. The van der Waals surface area contributed by atoms with Crippen LogP contribution in [0.5, 0.6) is 0 Å². The number of nitrogens with two attached hydrogens (primary N) is 1. The molecule has 1 aliphatic rings. The minimum absolute atomic E-state index is 0.0957. The van der Waals surface area contributed by atoms with E-state index in [1.165, 1.54) is 12.8 Å². The van der Waals surface area contributed by atoms with E-state index in [4.69, 9.17) is 5.73 Å². The monoisotopic (exact) mass is 179 g/mol. The van der Waals surface area contributed by atoms with Crippen molar-refractivity contribution in [1.29, 1.82) is 0 Å². The van der Waals surface area contributed by atoms with Crippen LogP contribution in [-0.4, -0.2) is 9.55 Å². The summed E-state index contributed by atoms with van der Waals surface area (Å²) < 4.78 is 2.24. The summed E-state index contributed by atoms with van der Waals surface area (Å²) in [6.45, 7) is 4.30. The fourth-order valence-electron chi connectivity index (χ4n) is 2.06. The van der Waals surface area contributed by atoms with Gasteiger partial charge in [-0.15, -0.1) is 0 Å². The van der Waals surface area contributed by atoms with Gasteiger partial charge in [-0.25, -0.2) is 4.98 Å². The van der Waals surface area contributed by atoms with Crippen molar-refractivity contribution in [2.24, 2.45) is 11.7 Å². The third-order valence-electron chi connectivity index (χ3n) is 2.90. The van der Waals surface area contributed by atoms with Crippen molar-refractivity contribution >= 4 is 0 Å². The van der Waals surface area contributed by atoms with Crippen LogP contribution in [0.3, 0.4) is 0 Å². The molecule has 1 heterocycles. The highest BCUT2D eigenvalue weighted by Crippen LogP contribution is 2.38. The zero-order valence-corrected chi connectivity index (χ0v) is 8.27. The SMILES string of the molecule is CC1CC(n2cncc2[C@H](C)N)C1. The molecule has 3 nitrogen and oxygen atoms in total. The number of hydrogen-bond donors (Lipinski definition) is 1. The van der Waals surface area contributed by atoms with Crippen molar-refractivity contribution in [3.63, 3.8) is 0 Å². The molecule has 0 spiro atoms. The fourth-order valence-corrected chi connectivity index (χ4v) is 2.06. The molecule has 0 saturated heterocycles. The topological polar surface area (TPSA) is 43.8 Å². The van der Waals surface area contributed by atoms with Crippen LogP contribution in [0.15, 0.2) is 12.5 Å². The molecule has 1 aromatic rings. The lowest BCUT2D eigenvalue weighted by atomic mass is 9.81. The van der Waals surface area contributed by atoms with Gasteiger partial charge in [0.15, 0.2) is 0 Å². The van der Waals surface area contributed by atoms with E-state index >= 15 is 0 Å². The van der Waals surface area contributed by atoms with Gasteiger partial charge in [0.25, 0.3) is 0 Å². The van der Waals surface area contributed by atoms with Gasteiger partial charge in [-0.05, 0) is 25.7 Å². The first-order valence-electron chi connectivity index (χ1n) is 4.95. The molecule has 2 rings (SSSR count). The molecule has 2 N–H and O–H groups in total. The summed E-state index contributed by atoms with van der Waals surface area (Å²) in [5, 5.41) is 0. The largest absolute Gasteiger partial charge is 0.330 e. The van der Waals surface area contributed by atoms with Crippen LogP contribution in [0.4, 0.5) is 0 Å². The van der Waals surface area contributed by atoms with Crippen LogP contribution in [0.2, 0.25) is 0 Å². The van der Waals surface area contributed by atoms with Crippen LogP contribution in [-0.2, 0) is 0 Å². The maximum atomic E-state index is 5.85. The summed E-state index contributed by atoms with van der Waals surface area (Å²) in [6, 6.07) is 0.747. The molecule has 0 radical (unpaired) electrons. The Kier molecular flexibility index (Phi) is 2.12. The molecule has 72 valence electrons. The van der Waals surface area contributed by atoms with Gasteiger partial charge in [-0.2, -0.15) is 0 Å². The van der Waals surface area contributed by atoms with Gasteiger partial charge < -0.3 is 10.3 Å². The second kappa shape index (κ2) is 3.14. The zero-order valence-electron chi connectivity index (χ0n) is 8.27. The van der Waals surface area contributed by atoms with Crippen LogP contribution in [0.25, 0.3) is 0 Å². The Morgan fingerprint density at radius 2 is 2.31 bits per heavy atom. The van der Waals surface area contributed by atoms with E-state index in [2.05, 4.69) is 16.5 Å². The summed E-state index contributed by atoms with van der Waals surface area (Å²) in [5.41, 5.74) is 7.01. The lowest BCUT2D eigenvalue weighted by Gasteiger charge is -2.35. The van der Waals surface area contributed by atoms with Gasteiger partial charge in [0.1, 0.15) is 0 Å². The highest BCUT2D eigenvalue weighted by atomic mass is 15.1. The van der Waals surface area contributed by atoms with E-state index in [1.807, 2.05) is 19.4 Å². The average Bonchev–Trinajstić information content (AvgIpc) is 2.45. The first-order chi connectivity index (χ1) is 6.18. The van der Waals surface area contributed by atoms with Gasteiger partial charge >= 0.3 is 0 Å². The predicted octanol–water partition coefficient (Wildman–Crippen LogP) is 1.87. The quantitative estimate of drug-likeness (QED) is 0.753. The number of rotatable bonds is 2. The summed E-state index contributed by atoms with van der Waals surface area (Å²) in [5.74, 6) is 0.869. The van der Waals surface area contributed by atoms with Crippen molar-refractivity contribution < 1.29 is 0 Å². The average molecular weight is 179 g/mol. The zero-order chi connectivity index (χ0) is 9.42. The summed E-state index contributed by atoms with van der Waals surface area (Å²) >= 11 is 0. The summed E-state index contributed by atoms with van der Waals surface area (Å²) in [4.78, 5) is 4.15. The van der Waals surface area contributed by atoms with Crippen molar-refractivity contribution in [1.82, 2.24) is 9.55 Å². The molecule has 13 heavy (non-hydrogen) atoms. The molecular weight excluding hydrogens is 162 g/mol. The first kappa shape index (κ1) is 8.75. The minimum atomic E-state index is 0.0957. The Labute approximate surface area is 79.0 Å². The first-order valence-corrected chi connectivity index (χ1v) is 4.95. The minimum Gasteiger partial charge on any atom is -0.330 e. The van der Waals surface area contributed by atoms with E-state index in [0.29, 0.717) is 6.04 Å². The molecule has 0 aromatic carbocycles. The van der Waals surface area contributed by atoms with Gasteiger partial charge in [0.2, 0.25) is 0 Å². The normalized spacial score (nSPS) is 29.8. The molecule has 3 heteroatoms. The van der Waals surface area contributed by atoms with Crippen LogP contribution in [0, 0.1) is 5.92 Å². The molecule has 1 aromatic heterocycles. The second-order valence-corrected chi connectivity index (χ2v) is 4.24. The lowest BCUT2D eigenvalue weighted by molar-refractivity contribution is 0.210. The second-order valence-electron chi connectivity index (χ2n) is 4.24. The van der Waals surface area contributed by atoms with Crippen LogP contribution >= 0.6 is 0 Å². The Balaban J connectivity index is 2.16. The number of imidazole rings is 1. The Morgan fingerprint density at radius 3 is 2.85 bits per heavy atom. The molecule has 1 aliphatic carbocycles. The predicted molar refractivity (Wildman–Crippen MR) is 52.3 cm³/mol. The van der Waals surface area contributed by atoms with E-state index in [1.54, 1.807) is 0 Å². The van der Waals surface area contributed by atoms with Crippen LogP contribution in [0.1, 0.15) is 44.5 Å². The number of nitrogens with zero attached hydrogens (tertiary/aromatic N) is 2. The summed E-state index contributed by atoms with van der Waals surface area (Å²) in [6.07, 6.45) is 6.34. The lowest BCUT2D eigenvalue weighted by Crippen LogP contribution is -2.26. The third kappa shape index (κ3) is 1.48. The standard InChI is InChI=1S/C10H17N3/c1-7-3-9(4-7)13-6-12-5-10(13)8(2)11/h5-9H,3-4,11H2,1-2H3/t7?,8-,9?/m0/s1. The van der Waals surface area contributed by atoms with Crippen molar-refractivity contribution in [2.45, 2.75) is 38.8 Å². The smallest absolute Gasteiger partial charge is 0.0951 e. The van der Waals surface area contributed by atoms with Crippen molar-refractivity contribution in [3.05, 3.63) is 18.2 Å². The Hall–Kier alpha value is -0.830. The Morgan fingerprint density at radius 1 is 1.62 bits per heavy atom. The van der Waals surface area contributed by atoms with Crippen molar-refractivity contribution in [2.75, 3.05) is 0 Å². The van der Waals surface area contributed by atoms with Gasteiger partial charge in [0, 0.05) is 18.3 Å². The van der Waals surface area contributed by atoms with Gasteiger partial charge in [-0.1, -0.05) is 6.92 Å².